The van der Waals surface area contributed by atoms with Gasteiger partial charge in [0.15, 0.2) is 0 Å². The van der Waals surface area contributed by atoms with E-state index in [9.17, 15) is 43.2 Å². The van der Waals surface area contributed by atoms with Crippen molar-refractivity contribution < 1.29 is 90.5 Å². The van der Waals surface area contributed by atoms with Gasteiger partial charge in [0.1, 0.15) is 54.7 Å². The van der Waals surface area contributed by atoms with Gasteiger partial charge >= 0.3 is 54.1 Å². The Labute approximate surface area is 516 Å². The van der Waals surface area contributed by atoms with Gasteiger partial charge in [-0.05, 0) is 131 Å². The third-order valence-corrected chi connectivity index (χ3v) is 12.6. The second-order valence-corrected chi connectivity index (χ2v) is 24.4. The van der Waals surface area contributed by atoms with Crippen molar-refractivity contribution >= 4 is 54.1 Å². The van der Waals surface area contributed by atoms with Crippen molar-refractivity contribution in [3.8, 4) is 0 Å². The lowest BCUT2D eigenvalue weighted by Crippen LogP contribution is -2.47. The van der Waals surface area contributed by atoms with Crippen LogP contribution in [0.1, 0.15) is 131 Å². The van der Waals surface area contributed by atoms with E-state index in [0.717, 1.165) is 22.3 Å². The van der Waals surface area contributed by atoms with Gasteiger partial charge in [-0.15, -0.1) is 0 Å². The molecule has 482 valence electrons. The second-order valence-electron chi connectivity index (χ2n) is 24.4. The molecule has 1 fully saturated rings. The van der Waals surface area contributed by atoms with Crippen LogP contribution in [0.4, 0.5) is 14.4 Å². The molecule has 3 N–H and O–H groups in total. The number of rotatable bonds is 25. The molecule has 0 saturated heterocycles. The number of carbonyl (C=O) groups is 9. The zero-order valence-corrected chi connectivity index (χ0v) is 53.2. The largest absolute Gasteiger partial charge is 0.469 e. The molecule has 0 radical (unpaired) electrons. The Morgan fingerprint density at radius 2 is 0.773 bits per heavy atom. The molecule has 22 nitrogen and oxygen atoms in total. The van der Waals surface area contributed by atoms with Crippen LogP contribution in [-0.4, -0.2) is 117 Å². The average Bonchev–Trinajstić information content (AvgIpc) is 2.04. The summed E-state index contributed by atoms with van der Waals surface area (Å²) in [6, 6.07) is 33.8. The molecule has 88 heavy (non-hydrogen) atoms. The van der Waals surface area contributed by atoms with Crippen molar-refractivity contribution in [2.24, 2.45) is 16.7 Å². The van der Waals surface area contributed by atoms with Crippen molar-refractivity contribution in [3.05, 3.63) is 144 Å². The van der Waals surface area contributed by atoms with E-state index in [-0.39, 0.29) is 58.3 Å². The Balaban J connectivity index is 0.000000349. The maximum atomic E-state index is 12.9. The van der Waals surface area contributed by atoms with Gasteiger partial charge in [-0.1, -0.05) is 121 Å². The summed E-state index contributed by atoms with van der Waals surface area (Å²) in [6.07, 6.45) is -1.01. The third kappa shape index (κ3) is 29.2. The first-order valence-electron chi connectivity index (χ1n) is 28.7. The number of ether oxygens (including phenoxy) is 10. The predicted molar refractivity (Wildman–Crippen MR) is 323 cm³/mol. The van der Waals surface area contributed by atoms with E-state index in [1.807, 2.05) is 121 Å². The van der Waals surface area contributed by atoms with Crippen molar-refractivity contribution in [2.75, 3.05) is 27.9 Å². The molecule has 4 atom stereocenters. The van der Waals surface area contributed by atoms with Crippen molar-refractivity contribution in [2.45, 2.75) is 170 Å². The molecule has 4 aromatic carbocycles. The van der Waals surface area contributed by atoms with E-state index >= 15 is 0 Å². The normalized spacial score (nSPS) is 13.8. The summed E-state index contributed by atoms with van der Waals surface area (Å²) < 4.78 is 52.0. The maximum absolute atomic E-state index is 12.9. The van der Waals surface area contributed by atoms with Gasteiger partial charge < -0.3 is 63.3 Å². The van der Waals surface area contributed by atoms with Gasteiger partial charge in [-0.25, -0.2) is 28.8 Å². The molecule has 5 rings (SSSR count). The molecule has 1 aliphatic carbocycles. The molecule has 0 aromatic heterocycles. The van der Waals surface area contributed by atoms with Crippen molar-refractivity contribution in [1.82, 2.24) is 16.0 Å². The molecule has 0 aliphatic heterocycles. The Hall–Kier alpha value is -8.53. The molecule has 3 amide bonds. The number of alkyl carbamates (subject to hydrolysis) is 3. The number of esters is 6. The number of hydrogen-bond acceptors (Lipinski definition) is 19. The first kappa shape index (κ1) is 73.7. The van der Waals surface area contributed by atoms with Crippen molar-refractivity contribution in [1.29, 1.82) is 0 Å². The minimum Gasteiger partial charge on any atom is -0.469 e. The Morgan fingerprint density at radius 3 is 1.11 bits per heavy atom. The van der Waals surface area contributed by atoms with Gasteiger partial charge in [0.05, 0.1) is 51.3 Å². The minimum absolute atomic E-state index is 0.0000311. The van der Waals surface area contributed by atoms with Crippen LogP contribution in [0.25, 0.3) is 0 Å². The topological polar surface area (TPSA) is 282 Å². The fourth-order valence-electron chi connectivity index (χ4n) is 8.13. The smallest absolute Gasteiger partial charge is 0.408 e. The number of hydrogen-bond donors (Lipinski definition) is 3. The number of carbonyl (C=O) groups excluding carboxylic acids is 9. The van der Waals surface area contributed by atoms with Crippen LogP contribution in [0.5, 0.6) is 0 Å². The van der Waals surface area contributed by atoms with Crippen LogP contribution < -0.4 is 16.0 Å². The zero-order chi connectivity index (χ0) is 65.7. The van der Waals surface area contributed by atoms with Crippen LogP contribution in [0.2, 0.25) is 0 Å². The highest BCUT2D eigenvalue weighted by atomic mass is 16.6. The highest BCUT2D eigenvalue weighted by Crippen LogP contribution is 2.50. The fraction of sp³-hybridized carbons (Fsp3) is 0.500. The van der Waals surface area contributed by atoms with E-state index < -0.39 is 99.8 Å². The van der Waals surface area contributed by atoms with Crippen LogP contribution >= 0.6 is 0 Å². The van der Waals surface area contributed by atoms with Gasteiger partial charge in [0, 0.05) is 0 Å². The molecule has 0 spiro atoms. The Morgan fingerprint density at radius 1 is 0.432 bits per heavy atom. The van der Waals surface area contributed by atoms with E-state index in [1.54, 1.807) is 76.2 Å². The number of methoxy groups -OCH3 is 3. The van der Waals surface area contributed by atoms with Gasteiger partial charge in [0.25, 0.3) is 0 Å². The van der Waals surface area contributed by atoms with Gasteiger partial charge in [0.2, 0.25) is 0 Å². The molecule has 22 heteroatoms. The lowest BCUT2D eigenvalue weighted by Gasteiger charge is -2.28. The van der Waals surface area contributed by atoms with E-state index in [4.69, 9.17) is 47.4 Å². The van der Waals surface area contributed by atoms with E-state index in [2.05, 4.69) is 16.0 Å². The molecule has 0 heterocycles. The van der Waals surface area contributed by atoms with Crippen molar-refractivity contribution in [3.63, 3.8) is 0 Å². The first-order chi connectivity index (χ1) is 41.3. The lowest BCUT2D eigenvalue weighted by molar-refractivity contribution is -0.155. The molecule has 1 saturated carbocycles. The predicted octanol–water partition coefficient (Wildman–Crippen LogP) is 10.2. The quantitative estimate of drug-likeness (QED) is 0.0411. The van der Waals surface area contributed by atoms with E-state index in [1.165, 1.54) is 21.3 Å². The molecule has 0 bridgehead atoms. The monoisotopic (exact) mass is 1230 g/mol. The SMILES string of the molecule is COC(=O)C(C)(C)C[C@H](NC(=O)OC(C)(C)C)C(=O)OCc1ccccc1.COC(=O)C1(C[C@H](NC(=O)OC(C)(C)C)C(=O)OCc2ccccc2)CC1.COC(=O)[C@@H](COCc1ccccc1)C[C@H](NC(=O)OC(C)(C)C)C(=O)OCc1ccccc1. The molecular weight excluding hydrogens is 1140 g/mol. The van der Waals surface area contributed by atoms with Crippen LogP contribution in [0.3, 0.4) is 0 Å². The maximum Gasteiger partial charge on any atom is 0.408 e. The van der Waals surface area contributed by atoms with Gasteiger partial charge in [-0.2, -0.15) is 0 Å². The van der Waals surface area contributed by atoms with Crippen LogP contribution in [0.15, 0.2) is 121 Å². The Bertz CT molecular complexity index is 2740. The summed E-state index contributed by atoms with van der Waals surface area (Å²) >= 11 is 0. The summed E-state index contributed by atoms with van der Waals surface area (Å²) in [5, 5.41) is 7.57. The molecular formula is C66H89N3O19. The summed E-state index contributed by atoms with van der Waals surface area (Å²) in [6.45, 7) is 19.2. The summed E-state index contributed by atoms with van der Waals surface area (Å²) in [5.74, 6) is -4.19. The fourth-order valence-corrected chi connectivity index (χ4v) is 8.13. The standard InChI is InChI=1S/C26H33NO7.C20H27NO6.C20H29NO6/c1-26(2,3)34-25(30)27-22(24(29)33-17-20-13-9-6-10-14-20)15-21(23(28)31-4)18-32-16-19-11-7-5-8-12-19;1-19(2,3)27-18(24)21-15(12-20(10-11-20)17(23)25-4)16(22)26-13-14-8-6-5-7-9-14;1-19(2,3)27-18(24)21-15(12-20(4,5)17(23)25-6)16(22)26-13-14-10-8-7-9-11-14/h5-14,21-22H,15-18H2,1-4H3,(H,27,30);5-9,15H,10-13H2,1-4H3,(H,21,24);7-11,15H,12-13H2,1-6H3,(H,21,24)/t21-,22+;2*15-/m100/s1. The zero-order valence-electron chi connectivity index (χ0n) is 53.2. The molecule has 0 unspecified atom stereocenters. The van der Waals surface area contributed by atoms with E-state index in [0.29, 0.717) is 12.8 Å². The summed E-state index contributed by atoms with van der Waals surface area (Å²) in [5.41, 5.74) is -0.559. The summed E-state index contributed by atoms with van der Waals surface area (Å²) in [7, 11) is 3.84. The Kier molecular flexibility index (Phi) is 29.6. The van der Waals surface area contributed by atoms with Gasteiger partial charge in [-0.3, -0.25) is 14.4 Å². The number of benzene rings is 4. The molecule has 1 aliphatic rings. The second kappa shape index (κ2) is 35.3. The minimum atomic E-state index is -1.14. The lowest BCUT2D eigenvalue weighted by atomic mass is 9.85. The van der Waals surface area contributed by atoms with Crippen LogP contribution in [-0.2, 0) is 103 Å². The first-order valence-corrected chi connectivity index (χ1v) is 28.7. The highest BCUT2D eigenvalue weighted by molar-refractivity contribution is 5.86. The summed E-state index contributed by atoms with van der Waals surface area (Å²) in [4.78, 5) is 111. The highest BCUT2D eigenvalue weighted by Gasteiger charge is 2.53. The molecule has 4 aromatic rings. The number of amides is 3. The van der Waals surface area contributed by atoms with Crippen LogP contribution in [0, 0.1) is 16.7 Å². The third-order valence-electron chi connectivity index (χ3n) is 12.6. The number of nitrogens with one attached hydrogen (secondary N) is 3. The average molecular weight is 1230 g/mol.